The average molecular weight is 388 g/mol. The number of fused-ring (bicyclic) bond motifs is 1. The van der Waals surface area contributed by atoms with Crippen molar-refractivity contribution in [1.29, 1.82) is 0 Å². The van der Waals surface area contributed by atoms with E-state index >= 15 is 0 Å². The molecule has 1 saturated carbocycles. The first-order valence-electron chi connectivity index (χ1n) is 9.34. The van der Waals surface area contributed by atoms with Gasteiger partial charge < -0.3 is 18.9 Å². The minimum absolute atomic E-state index is 0.0703. The van der Waals surface area contributed by atoms with Gasteiger partial charge >= 0.3 is 0 Å². The maximum atomic E-state index is 12.7. The number of ether oxygens (including phenoxy) is 2. The molecule has 1 aliphatic heterocycles. The first-order chi connectivity index (χ1) is 13.2. The number of para-hydroxylation sites is 2. The lowest BCUT2D eigenvalue weighted by Gasteiger charge is -2.30. The highest BCUT2D eigenvalue weighted by atomic mass is 32.2. The van der Waals surface area contributed by atoms with Crippen molar-refractivity contribution in [3.8, 4) is 11.5 Å². The third kappa shape index (κ3) is 4.05. The molecule has 1 aliphatic carbocycles. The van der Waals surface area contributed by atoms with Gasteiger partial charge in [-0.05, 0) is 31.9 Å². The molecule has 4 rings (SSSR count). The summed E-state index contributed by atoms with van der Waals surface area (Å²) in [4.78, 5) is 14.5. The summed E-state index contributed by atoms with van der Waals surface area (Å²) in [6.07, 6.45) is 2.21. The standard InChI is InChI=1S/C19H24N4O3S/c1-3-23(10-14-11-25-15-6-4-5-7-16(15)26-14)17(24)12-27-19-21-20-18(22(19)2)13-8-9-13/h4-7,13-14H,3,8-12H2,1-2H3/t14-/m0/s1. The van der Waals surface area contributed by atoms with Gasteiger partial charge in [0.2, 0.25) is 5.91 Å². The molecule has 1 amide bonds. The molecule has 27 heavy (non-hydrogen) atoms. The van der Waals surface area contributed by atoms with Crippen LogP contribution in [0, 0.1) is 0 Å². The third-order valence-electron chi connectivity index (χ3n) is 4.86. The number of aromatic nitrogens is 3. The van der Waals surface area contributed by atoms with Gasteiger partial charge in [-0.2, -0.15) is 0 Å². The highest BCUT2D eigenvalue weighted by Gasteiger charge is 2.30. The first-order valence-corrected chi connectivity index (χ1v) is 10.3. The van der Waals surface area contributed by atoms with Crippen molar-refractivity contribution in [3.05, 3.63) is 30.1 Å². The SMILES string of the molecule is CCN(C[C@H]1COc2ccccc2O1)C(=O)CSc1nnc(C2CC2)n1C. The monoisotopic (exact) mass is 388 g/mol. The molecule has 0 bridgehead atoms. The Hall–Kier alpha value is -2.22. The topological polar surface area (TPSA) is 69.5 Å². The Kier molecular flexibility index (Phi) is 5.24. The van der Waals surface area contributed by atoms with Crippen LogP contribution in [0.2, 0.25) is 0 Å². The van der Waals surface area contributed by atoms with E-state index in [1.54, 1.807) is 0 Å². The van der Waals surface area contributed by atoms with E-state index < -0.39 is 0 Å². The lowest BCUT2D eigenvalue weighted by molar-refractivity contribution is -0.129. The predicted octanol–water partition coefficient (Wildman–Crippen LogP) is 2.47. The molecule has 0 spiro atoms. The molecule has 2 aromatic rings. The molecule has 0 N–H and O–H groups in total. The molecule has 2 aliphatic rings. The van der Waals surface area contributed by atoms with Crippen LogP contribution in [0.15, 0.2) is 29.4 Å². The fraction of sp³-hybridized carbons (Fsp3) is 0.526. The first kappa shape index (κ1) is 18.2. The number of amides is 1. The largest absolute Gasteiger partial charge is 0.486 e. The average Bonchev–Trinajstić information content (AvgIpc) is 3.47. The third-order valence-corrected chi connectivity index (χ3v) is 5.87. The molecule has 0 unspecified atom stereocenters. The van der Waals surface area contributed by atoms with Gasteiger partial charge in [0.25, 0.3) is 0 Å². The second kappa shape index (κ2) is 7.80. The quantitative estimate of drug-likeness (QED) is 0.679. The Balaban J connectivity index is 1.32. The van der Waals surface area contributed by atoms with Crippen molar-refractivity contribution in [3.63, 3.8) is 0 Å². The predicted molar refractivity (Wildman–Crippen MR) is 102 cm³/mol. The van der Waals surface area contributed by atoms with E-state index in [1.165, 1.54) is 24.6 Å². The van der Waals surface area contributed by atoms with Crippen molar-refractivity contribution >= 4 is 17.7 Å². The summed E-state index contributed by atoms with van der Waals surface area (Å²) < 4.78 is 13.7. The zero-order valence-electron chi connectivity index (χ0n) is 15.6. The van der Waals surface area contributed by atoms with E-state index in [2.05, 4.69) is 10.2 Å². The highest BCUT2D eigenvalue weighted by Crippen LogP contribution is 2.39. The molecule has 144 valence electrons. The minimum Gasteiger partial charge on any atom is -0.486 e. The van der Waals surface area contributed by atoms with Gasteiger partial charge in [-0.1, -0.05) is 23.9 Å². The van der Waals surface area contributed by atoms with Crippen molar-refractivity contribution in [1.82, 2.24) is 19.7 Å². The summed E-state index contributed by atoms with van der Waals surface area (Å²) in [6.45, 7) is 3.57. The van der Waals surface area contributed by atoms with Gasteiger partial charge in [-0.3, -0.25) is 4.79 Å². The number of carbonyl (C=O) groups is 1. The zero-order valence-corrected chi connectivity index (χ0v) is 16.4. The summed E-state index contributed by atoms with van der Waals surface area (Å²) in [5, 5.41) is 9.30. The van der Waals surface area contributed by atoms with E-state index in [1.807, 2.05) is 47.7 Å². The van der Waals surface area contributed by atoms with E-state index in [9.17, 15) is 4.79 Å². The van der Waals surface area contributed by atoms with Crippen LogP contribution in [0.1, 0.15) is 31.5 Å². The summed E-state index contributed by atoms with van der Waals surface area (Å²) in [6, 6.07) is 7.62. The molecule has 1 atom stereocenters. The van der Waals surface area contributed by atoms with Crippen LogP contribution in [0.3, 0.4) is 0 Å². The number of carbonyl (C=O) groups excluding carboxylic acids is 1. The molecular formula is C19H24N4O3S. The van der Waals surface area contributed by atoms with Gasteiger partial charge in [0, 0.05) is 19.5 Å². The van der Waals surface area contributed by atoms with Crippen molar-refractivity contribution in [2.24, 2.45) is 7.05 Å². The molecular weight excluding hydrogens is 364 g/mol. The lowest BCUT2D eigenvalue weighted by Crippen LogP contribution is -2.44. The maximum Gasteiger partial charge on any atom is 0.233 e. The summed E-state index contributed by atoms with van der Waals surface area (Å²) in [5.41, 5.74) is 0. The molecule has 2 heterocycles. The van der Waals surface area contributed by atoms with Gasteiger partial charge in [-0.25, -0.2) is 0 Å². The zero-order chi connectivity index (χ0) is 18.8. The van der Waals surface area contributed by atoms with Crippen molar-refractivity contribution < 1.29 is 14.3 Å². The van der Waals surface area contributed by atoms with E-state index in [-0.39, 0.29) is 12.0 Å². The molecule has 7 nitrogen and oxygen atoms in total. The van der Waals surface area contributed by atoms with Crippen molar-refractivity contribution in [2.75, 3.05) is 25.4 Å². The number of likely N-dealkylation sites (N-methyl/N-ethyl adjacent to an activating group) is 1. The number of benzene rings is 1. The van der Waals surface area contributed by atoms with Gasteiger partial charge in [0.15, 0.2) is 22.8 Å². The Morgan fingerprint density at radius 1 is 1.30 bits per heavy atom. The van der Waals surface area contributed by atoms with Crippen LogP contribution in [0.25, 0.3) is 0 Å². The Morgan fingerprint density at radius 3 is 2.81 bits per heavy atom. The Morgan fingerprint density at radius 2 is 2.07 bits per heavy atom. The number of rotatable bonds is 7. The molecule has 1 aromatic carbocycles. The van der Waals surface area contributed by atoms with Crippen LogP contribution >= 0.6 is 11.8 Å². The summed E-state index contributed by atoms with van der Waals surface area (Å²) in [7, 11) is 1.97. The van der Waals surface area contributed by atoms with Crippen LogP contribution in [-0.2, 0) is 11.8 Å². The smallest absolute Gasteiger partial charge is 0.233 e. The summed E-state index contributed by atoms with van der Waals surface area (Å²) in [5.74, 6) is 3.48. The Labute approximate surface area is 163 Å². The van der Waals surface area contributed by atoms with E-state index in [4.69, 9.17) is 9.47 Å². The minimum atomic E-state index is -0.162. The van der Waals surface area contributed by atoms with Crippen LogP contribution in [-0.4, -0.2) is 57.1 Å². The van der Waals surface area contributed by atoms with Crippen LogP contribution < -0.4 is 9.47 Å². The van der Waals surface area contributed by atoms with Gasteiger partial charge in [-0.15, -0.1) is 10.2 Å². The second-order valence-electron chi connectivity index (χ2n) is 6.89. The van der Waals surface area contributed by atoms with Gasteiger partial charge in [0.05, 0.1) is 12.3 Å². The lowest BCUT2D eigenvalue weighted by atomic mass is 10.2. The van der Waals surface area contributed by atoms with E-state index in [0.29, 0.717) is 31.4 Å². The van der Waals surface area contributed by atoms with Crippen molar-refractivity contribution in [2.45, 2.75) is 36.9 Å². The fourth-order valence-corrected chi connectivity index (χ4v) is 3.99. The fourth-order valence-electron chi connectivity index (χ4n) is 3.17. The van der Waals surface area contributed by atoms with E-state index in [0.717, 1.165) is 22.5 Å². The van der Waals surface area contributed by atoms with Gasteiger partial charge in [0.1, 0.15) is 12.4 Å². The number of hydrogen-bond acceptors (Lipinski definition) is 6. The molecule has 0 saturated heterocycles. The number of nitrogens with zero attached hydrogens (tertiary/aromatic N) is 4. The maximum absolute atomic E-state index is 12.7. The molecule has 1 fully saturated rings. The normalized spacial score (nSPS) is 18.4. The number of thioether (sulfide) groups is 1. The van der Waals surface area contributed by atoms with Crippen LogP contribution in [0.5, 0.6) is 11.5 Å². The molecule has 0 radical (unpaired) electrons. The molecule has 1 aromatic heterocycles. The number of hydrogen-bond donors (Lipinski definition) is 0. The van der Waals surface area contributed by atoms with Crippen LogP contribution in [0.4, 0.5) is 0 Å². The molecule has 8 heteroatoms. The second-order valence-corrected chi connectivity index (χ2v) is 7.84. The highest BCUT2D eigenvalue weighted by molar-refractivity contribution is 7.99. The summed E-state index contributed by atoms with van der Waals surface area (Å²) >= 11 is 1.44. The Bertz CT molecular complexity index is 821.